The van der Waals surface area contributed by atoms with E-state index in [4.69, 9.17) is 9.47 Å². The fraction of sp³-hybridized carbons (Fsp3) is 0.407. The predicted octanol–water partition coefficient (Wildman–Crippen LogP) is 3.41. The molecule has 3 aliphatic rings. The van der Waals surface area contributed by atoms with Crippen LogP contribution in [0.1, 0.15) is 49.2 Å². The molecule has 10 nitrogen and oxygen atoms in total. The summed E-state index contributed by atoms with van der Waals surface area (Å²) in [5.74, 6) is 1.73. The van der Waals surface area contributed by atoms with Gasteiger partial charge >= 0.3 is 0 Å². The molecule has 0 bridgehead atoms. The smallest absolute Gasteiger partial charge is 0.253 e. The van der Waals surface area contributed by atoms with Gasteiger partial charge < -0.3 is 19.4 Å². The summed E-state index contributed by atoms with van der Waals surface area (Å²) in [5, 5.41) is 13.8. The molecule has 2 aromatic heterocycles. The number of piperazine rings is 1. The Balaban J connectivity index is 1.27. The lowest BCUT2D eigenvalue weighted by atomic mass is 10.0. The summed E-state index contributed by atoms with van der Waals surface area (Å²) in [7, 11) is 0. The maximum absolute atomic E-state index is 13.6. The number of hydrogen-bond donors (Lipinski definition) is 1. The summed E-state index contributed by atoms with van der Waals surface area (Å²) < 4.78 is 26.5. The molecule has 2 fully saturated rings. The molecule has 0 amide bonds. The van der Waals surface area contributed by atoms with Crippen LogP contribution in [0.5, 0.6) is 11.5 Å². The van der Waals surface area contributed by atoms with Gasteiger partial charge in [0.25, 0.3) is 5.56 Å². The number of aromatic amines is 1. The molecule has 7 rings (SSSR count). The molecule has 2 aromatic carbocycles. The van der Waals surface area contributed by atoms with Crippen molar-refractivity contribution in [2.45, 2.75) is 37.8 Å². The zero-order chi connectivity index (χ0) is 25.6. The quantitative estimate of drug-likeness (QED) is 0.430. The summed E-state index contributed by atoms with van der Waals surface area (Å²) >= 11 is 0. The van der Waals surface area contributed by atoms with Crippen LogP contribution in [-0.4, -0.2) is 63.1 Å². The summed E-state index contributed by atoms with van der Waals surface area (Å²) in [4.78, 5) is 21.2. The Hall–Kier alpha value is -3.99. The highest BCUT2D eigenvalue weighted by Crippen LogP contribution is 2.37. The van der Waals surface area contributed by atoms with Crippen molar-refractivity contribution in [3.63, 3.8) is 0 Å². The minimum Gasteiger partial charge on any atom is -0.454 e. The van der Waals surface area contributed by atoms with E-state index in [1.807, 2.05) is 22.9 Å². The minimum absolute atomic E-state index is 0.167. The first-order valence-electron chi connectivity index (χ1n) is 13.1. The van der Waals surface area contributed by atoms with Gasteiger partial charge in [0.15, 0.2) is 17.3 Å². The summed E-state index contributed by atoms with van der Waals surface area (Å²) in [6.07, 6.45) is 4.35. The fourth-order valence-corrected chi connectivity index (χ4v) is 5.99. The summed E-state index contributed by atoms with van der Waals surface area (Å²) in [5.41, 5.74) is 2.10. The van der Waals surface area contributed by atoms with Crippen LogP contribution in [0, 0.1) is 5.82 Å². The number of halogens is 1. The second-order valence-corrected chi connectivity index (χ2v) is 10.2. The molecule has 1 N–H and O–H groups in total. The number of fused-ring (bicyclic) bond motifs is 2. The second-order valence-electron chi connectivity index (χ2n) is 10.2. The molecule has 38 heavy (non-hydrogen) atoms. The van der Waals surface area contributed by atoms with E-state index in [2.05, 4.69) is 30.3 Å². The van der Waals surface area contributed by atoms with Crippen molar-refractivity contribution in [3.05, 3.63) is 70.0 Å². The molecule has 1 saturated carbocycles. The average molecular weight is 518 g/mol. The lowest BCUT2D eigenvalue weighted by Crippen LogP contribution is -2.49. The van der Waals surface area contributed by atoms with Crippen LogP contribution in [-0.2, 0) is 0 Å². The van der Waals surface area contributed by atoms with E-state index < -0.39 is 6.04 Å². The van der Waals surface area contributed by atoms with Crippen molar-refractivity contribution >= 4 is 16.6 Å². The molecule has 4 heterocycles. The zero-order valence-electron chi connectivity index (χ0n) is 20.8. The highest BCUT2D eigenvalue weighted by atomic mass is 19.1. The number of aromatic nitrogens is 5. The van der Waals surface area contributed by atoms with Crippen LogP contribution in [0.3, 0.4) is 0 Å². The highest BCUT2D eigenvalue weighted by molar-refractivity contribution is 5.83. The first-order valence-corrected chi connectivity index (χ1v) is 13.1. The van der Waals surface area contributed by atoms with Crippen molar-refractivity contribution in [2.75, 3.05) is 37.9 Å². The molecule has 1 saturated heterocycles. The Bertz CT molecular complexity index is 1520. The van der Waals surface area contributed by atoms with Gasteiger partial charge in [-0.3, -0.25) is 9.69 Å². The molecule has 1 atom stereocenters. The van der Waals surface area contributed by atoms with Gasteiger partial charge in [0.2, 0.25) is 6.79 Å². The van der Waals surface area contributed by atoms with E-state index >= 15 is 0 Å². The second kappa shape index (κ2) is 9.39. The van der Waals surface area contributed by atoms with E-state index in [1.165, 1.54) is 12.1 Å². The number of pyridine rings is 1. The number of nitrogens with one attached hydrogen (secondary N) is 1. The van der Waals surface area contributed by atoms with Gasteiger partial charge in [-0.1, -0.05) is 12.8 Å². The third kappa shape index (κ3) is 4.07. The predicted molar refractivity (Wildman–Crippen MR) is 138 cm³/mol. The molecular weight excluding hydrogens is 489 g/mol. The number of anilines is 1. The molecule has 11 heteroatoms. The number of ether oxygens (including phenoxy) is 2. The van der Waals surface area contributed by atoms with E-state index in [0.717, 1.165) is 49.8 Å². The average Bonchev–Trinajstić information content (AvgIpc) is 3.71. The lowest BCUT2D eigenvalue weighted by molar-refractivity contribution is 0.174. The van der Waals surface area contributed by atoms with Gasteiger partial charge in [0, 0.05) is 48.9 Å². The van der Waals surface area contributed by atoms with E-state index in [0.29, 0.717) is 41.5 Å². The van der Waals surface area contributed by atoms with E-state index in [-0.39, 0.29) is 24.2 Å². The Morgan fingerprint density at radius 2 is 1.71 bits per heavy atom. The van der Waals surface area contributed by atoms with Crippen molar-refractivity contribution in [3.8, 4) is 11.5 Å². The normalized spacial score (nSPS) is 18.9. The summed E-state index contributed by atoms with van der Waals surface area (Å²) in [6, 6.07) is 12.0. The standard InChI is InChI=1S/C27H28FN7O3/c28-18-5-7-19(8-6-18)33-9-11-34(12-10-33)25(26-30-31-32-35(26)20-3-1-2-4-20)21-13-17-14-23-24(38-16-37-23)15-22(17)29-27(21)36/h5-8,13-15,20,25H,1-4,9-12,16H2,(H,29,36)/t25-/m0/s1. The van der Waals surface area contributed by atoms with Crippen LogP contribution in [0.4, 0.5) is 10.1 Å². The molecule has 0 spiro atoms. The summed E-state index contributed by atoms with van der Waals surface area (Å²) in [6.45, 7) is 3.02. The number of nitrogens with zero attached hydrogens (tertiary/aromatic N) is 6. The van der Waals surface area contributed by atoms with Crippen LogP contribution < -0.4 is 19.9 Å². The van der Waals surface area contributed by atoms with Gasteiger partial charge in [0.1, 0.15) is 11.9 Å². The molecule has 4 aromatic rings. The van der Waals surface area contributed by atoms with Gasteiger partial charge in [-0.15, -0.1) is 5.10 Å². The molecule has 2 aliphatic heterocycles. The number of tetrazole rings is 1. The number of hydrogen-bond acceptors (Lipinski definition) is 8. The fourth-order valence-electron chi connectivity index (χ4n) is 5.99. The maximum atomic E-state index is 13.6. The molecular formula is C27H28FN7O3. The SMILES string of the molecule is O=c1[nH]c2cc3c(cc2cc1[C@@H](c1nnnn1C1CCCC1)N1CCN(c2ccc(F)cc2)CC1)OCO3. The van der Waals surface area contributed by atoms with Crippen molar-refractivity contribution in [2.24, 2.45) is 0 Å². The van der Waals surface area contributed by atoms with Crippen molar-refractivity contribution in [1.29, 1.82) is 0 Å². The minimum atomic E-state index is -0.417. The Morgan fingerprint density at radius 3 is 2.47 bits per heavy atom. The molecule has 0 radical (unpaired) electrons. The number of rotatable bonds is 5. The van der Waals surface area contributed by atoms with Crippen LogP contribution in [0.15, 0.2) is 47.3 Å². The molecule has 1 aliphatic carbocycles. The van der Waals surface area contributed by atoms with Crippen LogP contribution >= 0.6 is 0 Å². The number of benzene rings is 2. The number of H-pyrrole nitrogens is 1. The third-order valence-corrected chi connectivity index (χ3v) is 7.97. The Morgan fingerprint density at radius 1 is 0.974 bits per heavy atom. The van der Waals surface area contributed by atoms with Crippen LogP contribution in [0.2, 0.25) is 0 Å². The van der Waals surface area contributed by atoms with Crippen molar-refractivity contribution < 1.29 is 13.9 Å². The van der Waals surface area contributed by atoms with Crippen molar-refractivity contribution in [1.82, 2.24) is 30.1 Å². The van der Waals surface area contributed by atoms with Gasteiger partial charge in [-0.25, -0.2) is 9.07 Å². The van der Waals surface area contributed by atoms with Crippen LogP contribution in [0.25, 0.3) is 10.9 Å². The topological polar surface area (TPSA) is 101 Å². The lowest BCUT2D eigenvalue weighted by Gasteiger charge is -2.39. The van der Waals surface area contributed by atoms with E-state index in [9.17, 15) is 9.18 Å². The highest BCUT2D eigenvalue weighted by Gasteiger charge is 2.35. The van der Waals surface area contributed by atoms with Gasteiger partial charge in [-0.2, -0.15) is 0 Å². The first kappa shape index (κ1) is 23.2. The van der Waals surface area contributed by atoms with Gasteiger partial charge in [-0.05, 0) is 59.7 Å². The zero-order valence-corrected chi connectivity index (χ0v) is 20.8. The Labute approximate surface area is 218 Å². The Kier molecular flexibility index (Phi) is 5.72. The maximum Gasteiger partial charge on any atom is 0.253 e. The molecule has 196 valence electrons. The molecule has 0 unspecified atom stereocenters. The largest absolute Gasteiger partial charge is 0.454 e. The third-order valence-electron chi connectivity index (χ3n) is 7.97. The van der Waals surface area contributed by atoms with E-state index in [1.54, 1.807) is 12.1 Å². The monoisotopic (exact) mass is 517 g/mol. The first-order chi connectivity index (χ1) is 18.6. The van der Waals surface area contributed by atoms with Gasteiger partial charge in [0.05, 0.1) is 11.6 Å².